The lowest BCUT2D eigenvalue weighted by atomic mass is 9.96. The van der Waals surface area contributed by atoms with E-state index < -0.39 is 0 Å². The molecule has 0 bridgehead atoms. The van der Waals surface area contributed by atoms with Crippen LogP contribution in [0, 0.1) is 0 Å². The Labute approximate surface area is 119 Å². The van der Waals surface area contributed by atoms with Crippen LogP contribution in [0.25, 0.3) is 0 Å². The highest BCUT2D eigenvalue weighted by atomic mass is 35.5. The molecule has 1 aromatic heterocycles. The number of alkyl halides is 1. The highest BCUT2D eigenvalue weighted by Gasteiger charge is 2.26. The van der Waals surface area contributed by atoms with Crippen LogP contribution >= 0.6 is 11.6 Å². The summed E-state index contributed by atoms with van der Waals surface area (Å²) in [6, 6.07) is 13.0. The van der Waals surface area contributed by atoms with Crippen molar-refractivity contribution in [3.8, 4) is 0 Å². The van der Waals surface area contributed by atoms with Crippen molar-refractivity contribution in [1.29, 1.82) is 0 Å². The molecule has 0 amide bonds. The minimum absolute atomic E-state index is 0.451. The summed E-state index contributed by atoms with van der Waals surface area (Å²) in [5.74, 6) is 1.49. The Morgan fingerprint density at radius 1 is 1.26 bits per heavy atom. The largest absolute Gasteiger partial charge is 0.323 e. The van der Waals surface area contributed by atoms with Gasteiger partial charge in [-0.3, -0.25) is 0 Å². The zero-order chi connectivity index (χ0) is 13.2. The number of halogens is 1. The standard InChI is InChI=1S/C16H17ClN2/c1-12-8-9-13-5-2-3-7-15(13)19(12)16-14(11-17)6-4-10-18-16/h2-7,10,12H,8-9,11H2,1H3. The molecule has 0 aliphatic carbocycles. The van der Waals surface area contributed by atoms with Crippen molar-refractivity contribution in [2.75, 3.05) is 4.90 Å². The van der Waals surface area contributed by atoms with Crippen LogP contribution in [0.4, 0.5) is 11.5 Å². The third-order valence-corrected chi connectivity index (χ3v) is 4.05. The van der Waals surface area contributed by atoms with Gasteiger partial charge in [0.1, 0.15) is 5.82 Å². The van der Waals surface area contributed by atoms with Gasteiger partial charge in [0.25, 0.3) is 0 Å². The van der Waals surface area contributed by atoms with E-state index in [-0.39, 0.29) is 0 Å². The Balaban J connectivity index is 2.13. The molecule has 2 heterocycles. The number of nitrogens with zero attached hydrogens (tertiary/aromatic N) is 2. The Morgan fingerprint density at radius 3 is 2.95 bits per heavy atom. The predicted molar refractivity (Wildman–Crippen MR) is 80.2 cm³/mol. The van der Waals surface area contributed by atoms with Gasteiger partial charge in [0.2, 0.25) is 0 Å². The van der Waals surface area contributed by atoms with Gasteiger partial charge in [-0.2, -0.15) is 0 Å². The summed E-state index contributed by atoms with van der Waals surface area (Å²) in [5.41, 5.74) is 3.76. The highest BCUT2D eigenvalue weighted by Crippen LogP contribution is 2.37. The van der Waals surface area contributed by atoms with E-state index in [4.69, 9.17) is 11.6 Å². The summed E-state index contributed by atoms with van der Waals surface area (Å²) in [7, 11) is 0. The molecule has 19 heavy (non-hydrogen) atoms. The number of hydrogen-bond donors (Lipinski definition) is 0. The molecular weight excluding hydrogens is 256 g/mol. The van der Waals surface area contributed by atoms with Gasteiger partial charge < -0.3 is 4.90 Å². The number of aryl methyl sites for hydroxylation is 1. The molecule has 1 aliphatic rings. The molecule has 0 spiro atoms. The molecular formula is C16H17ClN2. The van der Waals surface area contributed by atoms with E-state index in [1.54, 1.807) is 0 Å². The SMILES string of the molecule is CC1CCc2ccccc2N1c1ncccc1CCl. The summed E-state index contributed by atoms with van der Waals surface area (Å²) < 4.78 is 0. The molecule has 2 nitrogen and oxygen atoms in total. The lowest BCUT2D eigenvalue weighted by Crippen LogP contribution is -2.34. The molecule has 0 radical (unpaired) electrons. The van der Waals surface area contributed by atoms with Gasteiger partial charge in [0.05, 0.1) is 5.88 Å². The Bertz CT molecular complexity index is 582. The number of benzene rings is 1. The fourth-order valence-corrected chi connectivity index (χ4v) is 2.97. The van der Waals surface area contributed by atoms with Gasteiger partial charge in [-0.05, 0) is 37.5 Å². The maximum atomic E-state index is 6.06. The normalized spacial score (nSPS) is 18.2. The van der Waals surface area contributed by atoms with Crippen molar-refractivity contribution in [3.63, 3.8) is 0 Å². The molecule has 1 atom stereocenters. The summed E-state index contributed by atoms with van der Waals surface area (Å²) in [4.78, 5) is 6.89. The van der Waals surface area contributed by atoms with E-state index in [1.807, 2.05) is 12.3 Å². The number of aromatic nitrogens is 1. The van der Waals surface area contributed by atoms with E-state index >= 15 is 0 Å². The maximum absolute atomic E-state index is 6.06. The number of anilines is 2. The molecule has 1 aromatic carbocycles. The van der Waals surface area contributed by atoms with Gasteiger partial charge in [-0.1, -0.05) is 24.3 Å². The Morgan fingerprint density at radius 2 is 2.11 bits per heavy atom. The topological polar surface area (TPSA) is 16.1 Å². The summed E-state index contributed by atoms with van der Waals surface area (Å²) in [5, 5.41) is 0. The molecule has 98 valence electrons. The molecule has 0 saturated carbocycles. The van der Waals surface area contributed by atoms with Crippen LogP contribution in [0.1, 0.15) is 24.5 Å². The van der Waals surface area contributed by atoms with Crippen LogP contribution < -0.4 is 4.90 Å². The zero-order valence-corrected chi connectivity index (χ0v) is 11.8. The van der Waals surface area contributed by atoms with Crippen LogP contribution in [0.15, 0.2) is 42.6 Å². The van der Waals surface area contributed by atoms with Crippen molar-refractivity contribution in [2.24, 2.45) is 0 Å². The van der Waals surface area contributed by atoms with Crippen molar-refractivity contribution in [3.05, 3.63) is 53.7 Å². The van der Waals surface area contributed by atoms with Crippen LogP contribution in [0.2, 0.25) is 0 Å². The molecule has 0 fully saturated rings. The van der Waals surface area contributed by atoms with Crippen LogP contribution in [0.3, 0.4) is 0 Å². The fraction of sp³-hybridized carbons (Fsp3) is 0.312. The quantitative estimate of drug-likeness (QED) is 0.758. The van der Waals surface area contributed by atoms with Crippen molar-refractivity contribution < 1.29 is 0 Å². The average Bonchev–Trinajstić information content (AvgIpc) is 2.47. The first kappa shape index (κ1) is 12.5. The molecule has 1 unspecified atom stereocenters. The van der Waals surface area contributed by atoms with Gasteiger partial charge in [0.15, 0.2) is 0 Å². The van der Waals surface area contributed by atoms with Gasteiger partial charge >= 0.3 is 0 Å². The summed E-state index contributed by atoms with van der Waals surface area (Å²) in [6.07, 6.45) is 4.13. The third-order valence-electron chi connectivity index (χ3n) is 3.76. The molecule has 3 rings (SSSR count). The van der Waals surface area contributed by atoms with E-state index in [1.165, 1.54) is 11.3 Å². The summed E-state index contributed by atoms with van der Waals surface area (Å²) >= 11 is 6.06. The second-order valence-corrected chi connectivity index (χ2v) is 5.27. The lowest BCUT2D eigenvalue weighted by Gasteiger charge is -2.37. The maximum Gasteiger partial charge on any atom is 0.137 e. The fourth-order valence-electron chi connectivity index (χ4n) is 2.76. The molecule has 2 aromatic rings. The first-order valence-electron chi connectivity index (χ1n) is 6.68. The monoisotopic (exact) mass is 272 g/mol. The van der Waals surface area contributed by atoms with E-state index in [0.717, 1.165) is 24.2 Å². The lowest BCUT2D eigenvalue weighted by molar-refractivity contribution is 0.612. The molecule has 3 heteroatoms. The van der Waals surface area contributed by atoms with E-state index in [9.17, 15) is 0 Å². The number of hydrogen-bond acceptors (Lipinski definition) is 2. The van der Waals surface area contributed by atoms with Crippen molar-refractivity contribution in [2.45, 2.75) is 31.7 Å². The van der Waals surface area contributed by atoms with Crippen molar-refractivity contribution >= 4 is 23.1 Å². The van der Waals surface area contributed by atoms with E-state index in [2.05, 4.69) is 47.1 Å². The summed E-state index contributed by atoms with van der Waals surface area (Å²) in [6.45, 7) is 2.25. The average molecular weight is 273 g/mol. The van der Waals surface area contributed by atoms with Crippen LogP contribution in [0.5, 0.6) is 0 Å². The zero-order valence-electron chi connectivity index (χ0n) is 11.0. The molecule has 0 saturated heterocycles. The Hall–Kier alpha value is -1.54. The van der Waals surface area contributed by atoms with Crippen LogP contribution in [-0.2, 0) is 12.3 Å². The minimum Gasteiger partial charge on any atom is -0.323 e. The Kier molecular flexibility index (Phi) is 3.43. The number of para-hydroxylation sites is 1. The second-order valence-electron chi connectivity index (χ2n) is 5.01. The number of fused-ring (bicyclic) bond motifs is 1. The van der Waals surface area contributed by atoms with Crippen LogP contribution in [-0.4, -0.2) is 11.0 Å². The highest BCUT2D eigenvalue weighted by molar-refractivity contribution is 6.17. The molecule has 1 aliphatic heterocycles. The smallest absolute Gasteiger partial charge is 0.137 e. The number of pyridine rings is 1. The number of rotatable bonds is 2. The van der Waals surface area contributed by atoms with Gasteiger partial charge in [-0.15, -0.1) is 11.6 Å². The van der Waals surface area contributed by atoms with Crippen molar-refractivity contribution in [1.82, 2.24) is 4.98 Å². The first-order valence-corrected chi connectivity index (χ1v) is 7.21. The van der Waals surface area contributed by atoms with Gasteiger partial charge in [0, 0.05) is 23.5 Å². The first-order chi connectivity index (χ1) is 9.31. The van der Waals surface area contributed by atoms with Gasteiger partial charge in [-0.25, -0.2) is 4.98 Å². The molecule has 0 N–H and O–H groups in total. The van der Waals surface area contributed by atoms with E-state index in [0.29, 0.717) is 11.9 Å². The minimum atomic E-state index is 0.451. The predicted octanol–water partition coefficient (Wildman–Crippen LogP) is 4.29. The third kappa shape index (κ3) is 2.21. The second kappa shape index (κ2) is 5.22.